The predicted molar refractivity (Wildman–Crippen MR) is 96.7 cm³/mol. The lowest BCUT2D eigenvalue weighted by Gasteiger charge is -2.07. The molecule has 0 radical (unpaired) electrons. The molecule has 4 N–H and O–H groups in total. The number of nitrogens with one attached hydrogen (secondary N) is 2. The number of anilines is 2. The Labute approximate surface area is 135 Å². The van der Waals surface area contributed by atoms with Gasteiger partial charge in [0.1, 0.15) is 0 Å². The summed E-state index contributed by atoms with van der Waals surface area (Å²) < 4.78 is 0. The zero-order chi connectivity index (χ0) is 16.7. The SMILES string of the molecule is C=C/C=C(\C=C)CNc1ncc(-c2ccc(N)c(C=N)c2)cn1. The molecule has 1 heterocycles. The molecule has 2 rings (SSSR count). The molecule has 0 aliphatic heterocycles. The lowest BCUT2D eigenvalue weighted by molar-refractivity contribution is 1.11. The zero-order valence-electron chi connectivity index (χ0n) is 12.8. The summed E-state index contributed by atoms with van der Waals surface area (Å²) in [5.41, 5.74) is 9.83. The Morgan fingerprint density at radius 2 is 1.96 bits per heavy atom. The van der Waals surface area contributed by atoms with Crippen molar-refractivity contribution in [1.29, 1.82) is 5.41 Å². The van der Waals surface area contributed by atoms with Crippen LogP contribution in [0.5, 0.6) is 0 Å². The molecule has 0 amide bonds. The van der Waals surface area contributed by atoms with Crippen LogP contribution in [0.25, 0.3) is 11.1 Å². The van der Waals surface area contributed by atoms with Crippen LogP contribution in [0.1, 0.15) is 5.56 Å². The van der Waals surface area contributed by atoms with E-state index in [-0.39, 0.29) is 0 Å². The highest BCUT2D eigenvalue weighted by molar-refractivity contribution is 5.87. The Morgan fingerprint density at radius 3 is 2.57 bits per heavy atom. The Hall–Kier alpha value is -3.21. The number of nitrogen functional groups attached to an aromatic ring is 1. The molecule has 116 valence electrons. The summed E-state index contributed by atoms with van der Waals surface area (Å²) in [5, 5.41) is 10.5. The quantitative estimate of drug-likeness (QED) is 0.415. The third-order valence-electron chi connectivity index (χ3n) is 3.27. The molecule has 0 saturated heterocycles. The second-order valence-corrected chi connectivity index (χ2v) is 4.82. The van der Waals surface area contributed by atoms with Crippen LogP contribution in [0, 0.1) is 5.41 Å². The van der Waals surface area contributed by atoms with Crippen molar-refractivity contribution in [2.75, 3.05) is 17.6 Å². The summed E-state index contributed by atoms with van der Waals surface area (Å²) >= 11 is 0. The fraction of sp³-hybridized carbons (Fsp3) is 0.0556. The predicted octanol–water partition coefficient (Wildman–Crippen LogP) is 3.43. The first-order chi connectivity index (χ1) is 11.2. The topological polar surface area (TPSA) is 87.7 Å². The van der Waals surface area contributed by atoms with Crippen LogP contribution in [-0.4, -0.2) is 22.7 Å². The number of aromatic nitrogens is 2. The molecule has 0 aliphatic carbocycles. The van der Waals surface area contributed by atoms with Gasteiger partial charge in [-0.1, -0.05) is 37.5 Å². The second kappa shape index (κ2) is 7.70. The van der Waals surface area contributed by atoms with E-state index in [1.807, 2.05) is 18.2 Å². The highest BCUT2D eigenvalue weighted by Gasteiger charge is 2.03. The van der Waals surface area contributed by atoms with Crippen LogP contribution in [0.15, 0.2) is 67.6 Å². The third-order valence-corrected chi connectivity index (χ3v) is 3.27. The fourth-order valence-corrected chi connectivity index (χ4v) is 1.98. The minimum Gasteiger partial charge on any atom is -0.398 e. The van der Waals surface area contributed by atoms with Crippen LogP contribution < -0.4 is 11.1 Å². The molecule has 0 unspecified atom stereocenters. The van der Waals surface area contributed by atoms with Gasteiger partial charge in [-0.3, -0.25) is 0 Å². The lowest BCUT2D eigenvalue weighted by atomic mass is 10.1. The molecule has 0 atom stereocenters. The van der Waals surface area contributed by atoms with Crippen LogP contribution in [0.4, 0.5) is 11.6 Å². The smallest absolute Gasteiger partial charge is 0.222 e. The van der Waals surface area contributed by atoms with E-state index in [0.29, 0.717) is 23.7 Å². The molecule has 0 aliphatic rings. The first kappa shape index (κ1) is 16.2. The van der Waals surface area contributed by atoms with Gasteiger partial charge < -0.3 is 16.5 Å². The van der Waals surface area contributed by atoms with E-state index in [4.69, 9.17) is 11.1 Å². The highest BCUT2D eigenvalue weighted by atomic mass is 15.1. The molecule has 5 heteroatoms. The van der Waals surface area contributed by atoms with Crippen LogP contribution in [0.2, 0.25) is 0 Å². The average molecular weight is 305 g/mol. The van der Waals surface area contributed by atoms with E-state index in [2.05, 4.69) is 28.4 Å². The Kier molecular flexibility index (Phi) is 5.41. The lowest BCUT2D eigenvalue weighted by Crippen LogP contribution is -2.06. The van der Waals surface area contributed by atoms with Gasteiger partial charge in [0, 0.05) is 42.0 Å². The number of hydrogen-bond donors (Lipinski definition) is 3. The van der Waals surface area contributed by atoms with Gasteiger partial charge in [-0.2, -0.15) is 0 Å². The molecule has 1 aromatic heterocycles. The van der Waals surface area contributed by atoms with Crippen molar-refractivity contribution in [3.63, 3.8) is 0 Å². The maximum absolute atomic E-state index is 7.36. The van der Waals surface area contributed by atoms with E-state index in [0.717, 1.165) is 16.7 Å². The standard InChI is InChI=1S/C18H19N5/c1-3-5-13(4-2)10-21-18-22-11-16(12-23-18)14-6-7-17(20)15(8-14)9-19/h3-9,11-12,19H,1-2,10,20H2,(H,21,22,23)/b13-5+,19-9?. The molecule has 1 aromatic carbocycles. The van der Waals surface area contributed by atoms with Gasteiger partial charge in [0.05, 0.1) is 0 Å². The van der Waals surface area contributed by atoms with E-state index < -0.39 is 0 Å². The van der Waals surface area contributed by atoms with Crippen molar-refractivity contribution in [3.05, 3.63) is 73.1 Å². The fourth-order valence-electron chi connectivity index (χ4n) is 1.98. The summed E-state index contributed by atoms with van der Waals surface area (Å²) in [6, 6.07) is 5.51. The van der Waals surface area contributed by atoms with Crippen molar-refractivity contribution in [3.8, 4) is 11.1 Å². The normalized spacial score (nSPS) is 10.9. The number of nitrogens with two attached hydrogens (primary N) is 1. The number of nitrogens with zero attached hydrogens (tertiary/aromatic N) is 2. The minimum atomic E-state index is 0.535. The van der Waals surface area contributed by atoms with Gasteiger partial charge in [-0.05, 0) is 23.3 Å². The number of allylic oxidation sites excluding steroid dienone is 2. The third kappa shape index (κ3) is 4.14. The summed E-state index contributed by atoms with van der Waals surface area (Å²) in [4.78, 5) is 8.60. The van der Waals surface area contributed by atoms with Gasteiger partial charge in [0.2, 0.25) is 5.95 Å². The maximum Gasteiger partial charge on any atom is 0.222 e. The average Bonchev–Trinajstić information content (AvgIpc) is 2.59. The van der Waals surface area contributed by atoms with Crippen LogP contribution in [0.3, 0.4) is 0 Å². The van der Waals surface area contributed by atoms with E-state index in [1.54, 1.807) is 30.6 Å². The maximum atomic E-state index is 7.36. The van der Waals surface area contributed by atoms with Gasteiger partial charge >= 0.3 is 0 Å². The number of hydrogen-bond acceptors (Lipinski definition) is 5. The first-order valence-corrected chi connectivity index (χ1v) is 7.08. The summed E-state index contributed by atoms with van der Waals surface area (Å²) in [6.07, 6.45) is 10.1. The molecule has 0 bridgehead atoms. The first-order valence-electron chi connectivity index (χ1n) is 7.08. The van der Waals surface area contributed by atoms with E-state index in [1.165, 1.54) is 6.21 Å². The molecular weight excluding hydrogens is 286 g/mol. The largest absolute Gasteiger partial charge is 0.398 e. The van der Waals surface area contributed by atoms with Crippen molar-refractivity contribution in [1.82, 2.24) is 9.97 Å². The van der Waals surface area contributed by atoms with Crippen molar-refractivity contribution in [2.45, 2.75) is 0 Å². The highest BCUT2D eigenvalue weighted by Crippen LogP contribution is 2.22. The molecule has 23 heavy (non-hydrogen) atoms. The molecule has 2 aromatic rings. The molecule has 0 fully saturated rings. The Bertz CT molecular complexity index is 745. The van der Waals surface area contributed by atoms with Gasteiger partial charge in [-0.25, -0.2) is 9.97 Å². The number of benzene rings is 1. The summed E-state index contributed by atoms with van der Waals surface area (Å²) in [7, 11) is 0. The van der Waals surface area contributed by atoms with E-state index in [9.17, 15) is 0 Å². The zero-order valence-corrected chi connectivity index (χ0v) is 12.8. The Morgan fingerprint density at radius 1 is 1.22 bits per heavy atom. The Balaban J connectivity index is 2.13. The molecule has 5 nitrogen and oxygen atoms in total. The number of rotatable bonds is 7. The molecule has 0 saturated carbocycles. The van der Waals surface area contributed by atoms with Crippen LogP contribution in [-0.2, 0) is 0 Å². The van der Waals surface area contributed by atoms with Gasteiger partial charge in [0.25, 0.3) is 0 Å². The monoisotopic (exact) mass is 305 g/mol. The molecular formula is C18H19N5. The van der Waals surface area contributed by atoms with Crippen LogP contribution >= 0.6 is 0 Å². The van der Waals surface area contributed by atoms with E-state index >= 15 is 0 Å². The van der Waals surface area contributed by atoms with Gasteiger partial charge in [0.15, 0.2) is 0 Å². The molecule has 0 spiro atoms. The summed E-state index contributed by atoms with van der Waals surface area (Å²) in [5.74, 6) is 0.535. The second-order valence-electron chi connectivity index (χ2n) is 4.82. The van der Waals surface area contributed by atoms with Crippen molar-refractivity contribution >= 4 is 17.9 Å². The van der Waals surface area contributed by atoms with Crippen molar-refractivity contribution < 1.29 is 0 Å². The van der Waals surface area contributed by atoms with Crippen molar-refractivity contribution in [2.24, 2.45) is 0 Å². The minimum absolute atomic E-state index is 0.535. The summed E-state index contributed by atoms with van der Waals surface area (Å²) in [6.45, 7) is 7.98. The van der Waals surface area contributed by atoms with Gasteiger partial charge in [-0.15, -0.1) is 0 Å².